The lowest BCUT2D eigenvalue weighted by Crippen LogP contribution is -2.47. The highest BCUT2D eigenvalue weighted by Gasteiger charge is 2.52. The van der Waals surface area contributed by atoms with E-state index in [0.717, 1.165) is 36.7 Å². The minimum atomic E-state index is -1.86. The third kappa shape index (κ3) is 9.12. The molecule has 2 rings (SSSR count). The molecular formula is C28H46N2O6. The maximum absolute atomic E-state index is 12.9. The molecule has 0 unspecified atom stereocenters. The Morgan fingerprint density at radius 3 is 2.25 bits per heavy atom. The minimum Gasteiger partial charge on any atom is -0.394 e. The molecular weight excluding hydrogens is 460 g/mol. The molecule has 1 aliphatic rings. The summed E-state index contributed by atoms with van der Waals surface area (Å²) in [7, 11) is 0. The predicted molar refractivity (Wildman–Crippen MR) is 141 cm³/mol. The van der Waals surface area contributed by atoms with Crippen LogP contribution < -0.4 is 11.2 Å². The van der Waals surface area contributed by atoms with Crippen molar-refractivity contribution in [3.05, 3.63) is 44.8 Å². The summed E-state index contributed by atoms with van der Waals surface area (Å²) < 4.78 is 6.81. The van der Waals surface area contributed by atoms with E-state index in [-0.39, 0.29) is 18.6 Å². The van der Waals surface area contributed by atoms with Crippen LogP contribution in [-0.4, -0.2) is 43.9 Å². The Morgan fingerprint density at radius 1 is 1.06 bits per heavy atom. The lowest BCUT2D eigenvalue weighted by molar-refractivity contribution is -0.146. The fourth-order valence-corrected chi connectivity index (χ4v) is 4.77. The van der Waals surface area contributed by atoms with E-state index in [1.165, 1.54) is 51.1 Å². The van der Waals surface area contributed by atoms with Gasteiger partial charge >= 0.3 is 5.69 Å². The molecule has 1 fully saturated rings. The second-order valence-corrected chi connectivity index (χ2v) is 10.1. The van der Waals surface area contributed by atoms with E-state index < -0.39 is 35.8 Å². The van der Waals surface area contributed by atoms with Crippen molar-refractivity contribution in [1.29, 1.82) is 0 Å². The van der Waals surface area contributed by atoms with Crippen LogP contribution in [0.3, 0.4) is 0 Å². The molecule has 0 bridgehead atoms. The summed E-state index contributed by atoms with van der Waals surface area (Å²) in [6, 6.07) is 0. The maximum atomic E-state index is 12.9. The quantitative estimate of drug-likeness (QED) is 0.200. The lowest BCUT2D eigenvalue weighted by Gasteiger charge is -2.25. The van der Waals surface area contributed by atoms with E-state index in [4.69, 9.17) is 4.74 Å². The zero-order valence-corrected chi connectivity index (χ0v) is 22.2. The molecule has 1 saturated heterocycles. The van der Waals surface area contributed by atoms with Gasteiger partial charge in [-0.3, -0.25) is 19.1 Å². The summed E-state index contributed by atoms with van der Waals surface area (Å²) in [6.45, 7) is 3.25. The van der Waals surface area contributed by atoms with Gasteiger partial charge in [-0.05, 0) is 39.0 Å². The largest absolute Gasteiger partial charge is 0.394 e. The van der Waals surface area contributed by atoms with Gasteiger partial charge in [-0.15, -0.1) is 0 Å². The highest BCUT2D eigenvalue weighted by Crippen LogP contribution is 2.37. The molecule has 0 aromatic carbocycles. The first-order valence-electron chi connectivity index (χ1n) is 13.8. The third-order valence-corrected chi connectivity index (χ3v) is 7.11. The number of hydrogen-bond donors (Lipinski definition) is 3. The van der Waals surface area contributed by atoms with E-state index in [1.807, 2.05) is 0 Å². The van der Waals surface area contributed by atoms with Crippen molar-refractivity contribution in [3.8, 4) is 0 Å². The van der Waals surface area contributed by atoms with Crippen LogP contribution >= 0.6 is 0 Å². The molecule has 1 aromatic rings. The fourth-order valence-electron chi connectivity index (χ4n) is 4.77. The van der Waals surface area contributed by atoms with E-state index >= 15 is 0 Å². The predicted octanol–water partition coefficient (Wildman–Crippen LogP) is 4.46. The number of ether oxygens (including phenoxy) is 1. The molecule has 0 saturated carbocycles. The molecule has 3 N–H and O–H groups in total. The van der Waals surface area contributed by atoms with Gasteiger partial charge in [0.25, 0.3) is 5.56 Å². The highest BCUT2D eigenvalue weighted by atomic mass is 16.5. The number of aromatic nitrogens is 2. The average Bonchev–Trinajstić information content (AvgIpc) is 3.21. The van der Waals surface area contributed by atoms with Gasteiger partial charge in [0.15, 0.2) is 11.4 Å². The van der Waals surface area contributed by atoms with Crippen LogP contribution in [0, 0.1) is 6.92 Å². The van der Waals surface area contributed by atoms with Gasteiger partial charge in [-0.2, -0.15) is 0 Å². The van der Waals surface area contributed by atoms with Crippen molar-refractivity contribution >= 4 is 5.78 Å². The maximum Gasteiger partial charge on any atom is 0.330 e. The van der Waals surface area contributed by atoms with Crippen molar-refractivity contribution in [2.75, 3.05) is 6.61 Å². The zero-order valence-electron chi connectivity index (χ0n) is 22.2. The molecule has 1 aromatic heterocycles. The normalized spacial score (nSPS) is 22.0. The smallest absolute Gasteiger partial charge is 0.330 e. The number of allylic oxidation sites excluding steroid dienone is 2. The number of nitrogens with one attached hydrogen (secondary N) is 1. The molecule has 3 atom stereocenters. The Hall–Kier alpha value is -2.03. The van der Waals surface area contributed by atoms with Gasteiger partial charge in [0.05, 0.1) is 6.61 Å². The van der Waals surface area contributed by atoms with Gasteiger partial charge in [0.1, 0.15) is 12.3 Å². The number of aliphatic hydroxyl groups is 2. The van der Waals surface area contributed by atoms with Crippen molar-refractivity contribution in [1.82, 2.24) is 9.55 Å². The molecule has 204 valence electrons. The molecule has 2 heterocycles. The van der Waals surface area contributed by atoms with Crippen molar-refractivity contribution < 1.29 is 19.7 Å². The number of carbonyl (C=O) groups excluding carboxylic acids is 1. The summed E-state index contributed by atoms with van der Waals surface area (Å²) in [5.41, 5.74) is -2.72. The summed E-state index contributed by atoms with van der Waals surface area (Å²) in [5.74, 6) is -0.379. The first-order chi connectivity index (χ1) is 17.3. The Morgan fingerprint density at radius 2 is 1.64 bits per heavy atom. The van der Waals surface area contributed by atoms with Crippen LogP contribution in [0.5, 0.6) is 0 Å². The number of aromatic amines is 1. The van der Waals surface area contributed by atoms with Crippen LogP contribution in [0.2, 0.25) is 0 Å². The molecule has 1 aliphatic heterocycles. The minimum absolute atomic E-state index is 0.145. The van der Waals surface area contributed by atoms with Gasteiger partial charge in [-0.25, -0.2) is 4.79 Å². The summed E-state index contributed by atoms with van der Waals surface area (Å²) in [6.07, 6.45) is 19.0. The number of H-pyrrole nitrogens is 1. The van der Waals surface area contributed by atoms with Crippen LogP contribution in [0.4, 0.5) is 0 Å². The SMILES string of the molecule is CCCCCCCCC=CCCCCCCCC(=O)[C@]1(O)C[C@H](n2cc(C)c(=O)[nH]c2=O)O[C@@H]1CO. The van der Waals surface area contributed by atoms with Gasteiger partial charge < -0.3 is 14.9 Å². The topological polar surface area (TPSA) is 122 Å². The Kier molecular flexibility index (Phi) is 13.4. The van der Waals surface area contributed by atoms with Crippen LogP contribution in [0.1, 0.15) is 115 Å². The number of ketones is 1. The number of hydrogen-bond acceptors (Lipinski definition) is 6. The van der Waals surface area contributed by atoms with Gasteiger partial charge in [0, 0.05) is 24.6 Å². The van der Waals surface area contributed by atoms with Crippen LogP contribution in [0.25, 0.3) is 0 Å². The Labute approximate surface area is 214 Å². The Balaban J connectivity index is 1.65. The monoisotopic (exact) mass is 506 g/mol. The number of rotatable bonds is 18. The highest BCUT2D eigenvalue weighted by molar-refractivity contribution is 5.88. The first kappa shape index (κ1) is 30.2. The zero-order chi connectivity index (χ0) is 26.4. The van der Waals surface area contributed by atoms with E-state index in [9.17, 15) is 24.6 Å². The summed E-state index contributed by atoms with van der Waals surface area (Å²) in [5, 5.41) is 20.8. The van der Waals surface area contributed by atoms with Gasteiger partial charge in [0.2, 0.25) is 0 Å². The number of nitrogens with zero attached hydrogens (tertiary/aromatic N) is 1. The standard InChI is InChI=1S/C28H46N2O6/c1-3-4-5-6-7-8-9-10-11-12-13-14-15-16-17-18-23(32)28(35)19-25(36-24(28)21-31)30-20-22(2)26(33)29-27(30)34/h10-11,20,24-25,31,35H,3-9,12-19,21H2,1-2H3,(H,29,33,34)/t24-,25-,28-/m1/s1. The van der Waals surface area contributed by atoms with Crippen LogP contribution in [-0.2, 0) is 9.53 Å². The molecule has 8 nitrogen and oxygen atoms in total. The van der Waals surface area contributed by atoms with Crippen molar-refractivity contribution in [2.24, 2.45) is 0 Å². The molecule has 36 heavy (non-hydrogen) atoms. The second-order valence-electron chi connectivity index (χ2n) is 10.1. The molecule has 8 heteroatoms. The first-order valence-corrected chi connectivity index (χ1v) is 13.8. The van der Waals surface area contributed by atoms with E-state index in [2.05, 4.69) is 24.1 Å². The molecule has 0 radical (unpaired) electrons. The fraction of sp³-hybridized carbons (Fsp3) is 0.750. The van der Waals surface area contributed by atoms with Gasteiger partial charge in [-0.1, -0.05) is 70.4 Å². The number of aliphatic hydroxyl groups excluding tert-OH is 1. The lowest BCUT2D eigenvalue weighted by atomic mass is 9.87. The van der Waals surface area contributed by atoms with Crippen molar-refractivity contribution in [2.45, 2.75) is 128 Å². The van der Waals surface area contributed by atoms with Crippen molar-refractivity contribution in [3.63, 3.8) is 0 Å². The molecule has 0 amide bonds. The number of unbranched alkanes of at least 4 members (excludes halogenated alkanes) is 11. The molecule has 0 aliphatic carbocycles. The third-order valence-electron chi connectivity index (χ3n) is 7.11. The van der Waals surface area contributed by atoms with E-state index in [0.29, 0.717) is 12.0 Å². The number of Topliss-reactive ketones (excluding diaryl/α,β-unsaturated/α-hetero) is 1. The number of carbonyl (C=O) groups is 1. The molecule has 0 spiro atoms. The Bertz CT molecular complexity index is 937. The van der Waals surface area contributed by atoms with E-state index in [1.54, 1.807) is 6.92 Å². The summed E-state index contributed by atoms with van der Waals surface area (Å²) >= 11 is 0. The van der Waals surface area contributed by atoms with Crippen LogP contribution in [0.15, 0.2) is 27.9 Å². The average molecular weight is 507 g/mol. The summed E-state index contributed by atoms with van der Waals surface area (Å²) in [4.78, 5) is 38.9. The second kappa shape index (κ2) is 15.9. The number of aryl methyl sites for hydroxylation is 1.